The van der Waals surface area contributed by atoms with E-state index in [1.54, 1.807) is 41.6 Å². The number of phenolic OH excluding ortho intramolecular Hbond substituents is 1. The number of methoxy groups -OCH3 is 5. The van der Waals surface area contributed by atoms with Crippen LogP contribution in [0.15, 0.2) is 60.7 Å². The van der Waals surface area contributed by atoms with Crippen LogP contribution in [0.4, 0.5) is 5.69 Å². The molecule has 4 aromatic rings. The van der Waals surface area contributed by atoms with E-state index in [0.717, 1.165) is 28.8 Å². The molecule has 36 heavy (non-hydrogen) atoms. The van der Waals surface area contributed by atoms with Crippen molar-refractivity contribution in [1.29, 1.82) is 0 Å². The molecular weight excluding hydrogens is 458 g/mol. The maximum Gasteiger partial charge on any atom is 0.161 e. The first kappa shape index (κ1) is 24.9. The summed E-state index contributed by atoms with van der Waals surface area (Å²) in [6, 6.07) is 19.2. The average molecular weight is 490 g/mol. The monoisotopic (exact) mass is 489 g/mol. The summed E-state index contributed by atoms with van der Waals surface area (Å²) in [5.41, 5.74) is 3.40. The summed E-state index contributed by atoms with van der Waals surface area (Å²) < 4.78 is 27.1. The highest BCUT2D eigenvalue weighted by atomic mass is 16.5. The first-order valence-corrected chi connectivity index (χ1v) is 11.5. The van der Waals surface area contributed by atoms with Gasteiger partial charge < -0.3 is 34.1 Å². The van der Waals surface area contributed by atoms with Gasteiger partial charge >= 0.3 is 0 Å². The van der Waals surface area contributed by atoms with Crippen molar-refractivity contribution in [3.05, 3.63) is 66.2 Å². The van der Waals surface area contributed by atoms with Crippen LogP contribution >= 0.6 is 0 Å². The molecule has 4 rings (SSSR count). The van der Waals surface area contributed by atoms with Crippen LogP contribution < -0.4 is 29.0 Å². The largest absolute Gasteiger partial charge is 0.507 e. The molecule has 0 aromatic heterocycles. The van der Waals surface area contributed by atoms with Crippen LogP contribution in [0, 0.1) is 0 Å². The van der Waals surface area contributed by atoms with E-state index in [-0.39, 0.29) is 5.75 Å². The molecule has 7 heteroatoms. The highest BCUT2D eigenvalue weighted by Gasteiger charge is 2.19. The number of nitrogens with one attached hydrogen (secondary N) is 1. The van der Waals surface area contributed by atoms with Crippen LogP contribution in [0.3, 0.4) is 0 Å². The van der Waals surface area contributed by atoms with E-state index in [4.69, 9.17) is 23.7 Å². The molecule has 0 aliphatic rings. The maximum atomic E-state index is 11.5. The van der Waals surface area contributed by atoms with Gasteiger partial charge in [0.05, 0.1) is 35.5 Å². The van der Waals surface area contributed by atoms with Gasteiger partial charge in [-0.05, 0) is 65.4 Å². The number of hydrogen-bond donors (Lipinski definition) is 2. The second kappa shape index (κ2) is 11.0. The van der Waals surface area contributed by atoms with E-state index in [9.17, 15) is 5.11 Å². The second-order valence-electron chi connectivity index (χ2n) is 8.17. The Hall–Kier alpha value is -4.26. The van der Waals surface area contributed by atoms with E-state index < -0.39 is 0 Å². The van der Waals surface area contributed by atoms with Crippen molar-refractivity contribution in [2.24, 2.45) is 0 Å². The molecule has 4 aromatic carbocycles. The van der Waals surface area contributed by atoms with Crippen LogP contribution in [0.1, 0.15) is 5.56 Å². The van der Waals surface area contributed by atoms with Crippen molar-refractivity contribution in [2.45, 2.75) is 6.42 Å². The molecule has 0 radical (unpaired) electrons. The first-order chi connectivity index (χ1) is 17.5. The van der Waals surface area contributed by atoms with E-state index >= 15 is 0 Å². The van der Waals surface area contributed by atoms with E-state index in [1.165, 1.54) is 5.56 Å². The molecule has 0 bridgehead atoms. The highest BCUT2D eigenvalue weighted by molar-refractivity contribution is 6.02. The molecule has 0 fully saturated rings. The zero-order valence-corrected chi connectivity index (χ0v) is 21.2. The van der Waals surface area contributed by atoms with Crippen LogP contribution in [-0.2, 0) is 6.42 Å². The Morgan fingerprint density at radius 3 is 1.94 bits per heavy atom. The molecule has 188 valence electrons. The SMILES string of the molecule is COc1ccc(CCNc2cc3cc(OC)c(OC)cc3c(O)c2-c2ccc(OC)c(OC)c2)cc1. The molecule has 0 unspecified atom stereocenters. The van der Waals surface area contributed by atoms with Crippen LogP contribution in [0.5, 0.6) is 34.5 Å². The summed E-state index contributed by atoms with van der Waals surface area (Å²) in [6.07, 6.45) is 0.792. The maximum absolute atomic E-state index is 11.5. The van der Waals surface area contributed by atoms with E-state index in [1.807, 2.05) is 54.6 Å². The normalized spacial score (nSPS) is 10.7. The van der Waals surface area contributed by atoms with Gasteiger partial charge in [-0.25, -0.2) is 0 Å². The van der Waals surface area contributed by atoms with Crippen LogP contribution in [0.25, 0.3) is 21.9 Å². The topological polar surface area (TPSA) is 78.4 Å². The zero-order chi connectivity index (χ0) is 25.7. The summed E-state index contributed by atoms with van der Waals surface area (Å²) in [4.78, 5) is 0. The van der Waals surface area contributed by atoms with Gasteiger partial charge in [0, 0.05) is 23.2 Å². The standard InChI is InChI=1S/C29H31NO6/c1-32-21-9-6-18(7-10-21)12-13-30-23-14-20-16-26(35-4)27(36-5)17-22(20)29(31)28(23)19-8-11-24(33-2)25(15-19)34-3/h6-11,14-17,30-31H,12-13H2,1-5H3. The third-order valence-corrected chi connectivity index (χ3v) is 6.18. The molecule has 0 saturated carbocycles. The molecule has 0 saturated heterocycles. The third-order valence-electron chi connectivity index (χ3n) is 6.18. The molecule has 7 nitrogen and oxygen atoms in total. The minimum atomic E-state index is 0.132. The second-order valence-corrected chi connectivity index (χ2v) is 8.17. The summed E-state index contributed by atoms with van der Waals surface area (Å²) in [5, 5.41) is 16.5. The average Bonchev–Trinajstić information content (AvgIpc) is 2.92. The van der Waals surface area contributed by atoms with Gasteiger partial charge in [0.25, 0.3) is 0 Å². The summed E-state index contributed by atoms with van der Waals surface area (Å²) in [6.45, 7) is 0.658. The van der Waals surface area contributed by atoms with Gasteiger partial charge in [-0.15, -0.1) is 0 Å². The van der Waals surface area contributed by atoms with Crippen molar-refractivity contribution >= 4 is 16.5 Å². The Morgan fingerprint density at radius 2 is 1.31 bits per heavy atom. The number of rotatable bonds is 10. The van der Waals surface area contributed by atoms with Crippen molar-refractivity contribution in [1.82, 2.24) is 0 Å². The predicted octanol–water partition coefficient (Wildman–Crippen LogP) is 5.91. The van der Waals surface area contributed by atoms with E-state index in [2.05, 4.69) is 5.32 Å². The lowest BCUT2D eigenvalue weighted by Gasteiger charge is -2.19. The number of aromatic hydroxyl groups is 1. The third kappa shape index (κ3) is 4.91. The van der Waals surface area contributed by atoms with Crippen molar-refractivity contribution in [2.75, 3.05) is 47.4 Å². The summed E-state index contributed by atoms with van der Waals surface area (Å²) in [5.74, 6) is 3.28. The number of hydrogen-bond acceptors (Lipinski definition) is 7. The summed E-state index contributed by atoms with van der Waals surface area (Å²) >= 11 is 0. The van der Waals surface area contributed by atoms with Crippen molar-refractivity contribution < 1.29 is 28.8 Å². The lowest BCUT2D eigenvalue weighted by Crippen LogP contribution is -2.06. The van der Waals surface area contributed by atoms with Crippen LogP contribution in [-0.4, -0.2) is 47.2 Å². The van der Waals surface area contributed by atoms with Gasteiger partial charge in [-0.3, -0.25) is 0 Å². The molecule has 0 aliphatic heterocycles. The van der Waals surface area contributed by atoms with Gasteiger partial charge in [-0.1, -0.05) is 18.2 Å². The Bertz CT molecular complexity index is 1350. The highest BCUT2D eigenvalue weighted by Crippen LogP contribution is 2.46. The van der Waals surface area contributed by atoms with Gasteiger partial charge in [0.15, 0.2) is 23.0 Å². The lowest BCUT2D eigenvalue weighted by atomic mass is 9.96. The minimum Gasteiger partial charge on any atom is -0.507 e. The fourth-order valence-electron chi connectivity index (χ4n) is 4.27. The molecule has 2 N–H and O–H groups in total. The van der Waals surface area contributed by atoms with E-state index in [0.29, 0.717) is 40.5 Å². The smallest absolute Gasteiger partial charge is 0.161 e. The fraction of sp³-hybridized carbons (Fsp3) is 0.241. The Balaban J connectivity index is 1.79. The Labute approximate surface area is 211 Å². The predicted molar refractivity (Wildman–Crippen MR) is 142 cm³/mol. The number of anilines is 1. The summed E-state index contributed by atoms with van der Waals surface area (Å²) in [7, 11) is 8.01. The van der Waals surface area contributed by atoms with Crippen molar-refractivity contribution in [3.8, 4) is 45.6 Å². The minimum absolute atomic E-state index is 0.132. The van der Waals surface area contributed by atoms with Crippen molar-refractivity contribution in [3.63, 3.8) is 0 Å². The van der Waals surface area contributed by atoms with Gasteiger partial charge in [0.2, 0.25) is 0 Å². The number of phenols is 1. The molecule has 0 spiro atoms. The Kier molecular flexibility index (Phi) is 7.59. The number of ether oxygens (including phenoxy) is 5. The molecular formula is C29H31NO6. The quantitative estimate of drug-likeness (QED) is 0.287. The van der Waals surface area contributed by atoms with Crippen LogP contribution in [0.2, 0.25) is 0 Å². The number of benzene rings is 4. The Morgan fingerprint density at radius 1 is 0.667 bits per heavy atom. The number of fused-ring (bicyclic) bond motifs is 1. The fourth-order valence-corrected chi connectivity index (χ4v) is 4.27. The first-order valence-electron chi connectivity index (χ1n) is 11.5. The molecule has 0 atom stereocenters. The van der Waals surface area contributed by atoms with Gasteiger partial charge in [0.1, 0.15) is 11.5 Å². The molecule has 0 aliphatic carbocycles. The molecule has 0 heterocycles. The molecule has 0 amide bonds. The zero-order valence-electron chi connectivity index (χ0n) is 21.2. The van der Waals surface area contributed by atoms with Gasteiger partial charge in [-0.2, -0.15) is 0 Å². The lowest BCUT2D eigenvalue weighted by molar-refractivity contribution is 0.355.